The van der Waals surface area contributed by atoms with Gasteiger partial charge in [0.1, 0.15) is 6.29 Å². The van der Waals surface area contributed by atoms with E-state index in [1.54, 1.807) is 21.1 Å². The van der Waals surface area contributed by atoms with Crippen LogP contribution in [0.2, 0.25) is 0 Å². The van der Waals surface area contributed by atoms with Gasteiger partial charge in [-0.2, -0.15) is 0 Å². The molecule has 1 unspecified atom stereocenters. The van der Waals surface area contributed by atoms with Gasteiger partial charge in [-0.15, -0.1) is 0 Å². The number of allylic oxidation sites excluding steroid dienone is 1. The molecule has 0 radical (unpaired) electrons. The second-order valence-corrected chi connectivity index (χ2v) is 7.54. The average molecular weight is 424 g/mol. The number of carbonyl (C=O) groups is 2. The van der Waals surface area contributed by atoms with Crippen LogP contribution in [0.3, 0.4) is 0 Å². The minimum atomic E-state index is -0.226. The molecule has 6 nitrogen and oxygen atoms in total. The third-order valence-electron chi connectivity index (χ3n) is 4.12. The quantitative estimate of drug-likeness (QED) is 0.311. The summed E-state index contributed by atoms with van der Waals surface area (Å²) in [4.78, 5) is 19.0. The van der Waals surface area contributed by atoms with Gasteiger partial charge in [0.05, 0.1) is 18.3 Å². The minimum Gasteiger partial charge on any atom is -0.385 e. The van der Waals surface area contributed by atoms with Crippen LogP contribution in [-0.4, -0.2) is 58.4 Å². The van der Waals surface area contributed by atoms with Gasteiger partial charge in [-0.3, -0.25) is 9.59 Å². The summed E-state index contributed by atoms with van der Waals surface area (Å²) in [6.45, 7) is 15.4. The van der Waals surface area contributed by atoms with Crippen LogP contribution in [0.5, 0.6) is 0 Å². The first kappa shape index (κ1) is 30.2. The van der Waals surface area contributed by atoms with Crippen molar-refractivity contribution in [2.45, 2.75) is 58.7 Å². The van der Waals surface area contributed by atoms with Crippen LogP contribution >= 0.6 is 0 Å². The van der Waals surface area contributed by atoms with Gasteiger partial charge in [0.25, 0.3) is 0 Å². The SMILES string of the molecule is C=C(C)C=O.COC(C)(C)C(COC(C)C)c1ccccc1.COCCCNC=O. The molecule has 172 valence electrons. The Hall–Kier alpha value is -2.02. The van der Waals surface area contributed by atoms with Crippen molar-refractivity contribution in [1.82, 2.24) is 5.32 Å². The Labute approximate surface area is 183 Å². The lowest BCUT2D eigenvalue weighted by molar-refractivity contribution is -0.109. The summed E-state index contributed by atoms with van der Waals surface area (Å²) < 4.78 is 16.1. The molecule has 6 heteroatoms. The predicted octanol–water partition coefficient (Wildman–Crippen LogP) is 4.15. The van der Waals surface area contributed by atoms with Crippen LogP contribution in [0.25, 0.3) is 0 Å². The summed E-state index contributed by atoms with van der Waals surface area (Å²) in [5.41, 5.74) is 1.61. The first-order chi connectivity index (χ1) is 14.2. The summed E-state index contributed by atoms with van der Waals surface area (Å²) in [5, 5.41) is 2.52. The molecule has 1 atom stereocenters. The normalized spacial score (nSPS) is 11.3. The average Bonchev–Trinajstić information content (AvgIpc) is 2.72. The number of hydrogen-bond acceptors (Lipinski definition) is 5. The zero-order chi connectivity index (χ0) is 23.4. The zero-order valence-corrected chi connectivity index (χ0v) is 19.8. The largest absolute Gasteiger partial charge is 0.385 e. The van der Waals surface area contributed by atoms with Crippen LogP contribution < -0.4 is 5.32 Å². The standard InChI is InChI=1S/C15H24O2.C5H11NO2.C4H6O/c1-12(2)17-11-14(15(3,4)16-5)13-9-7-6-8-10-13;1-8-4-2-3-6-5-7;1-4(2)3-5/h6-10,12,14H,11H2,1-5H3;5H,2-4H2,1H3,(H,6,7);3H,1H2,2H3. The van der Waals surface area contributed by atoms with Gasteiger partial charge in [-0.05, 0) is 52.2 Å². The Balaban J connectivity index is 0. The topological polar surface area (TPSA) is 73.9 Å². The second kappa shape index (κ2) is 19.0. The molecule has 0 fully saturated rings. The van der Waals surface area contributed by atoms with Crippen LogP contribution in [0.1, 0.15) is 52.5 Å². The lowest BCUT2D eigenvalue weighted by Crippen LogP contribution is -2.35. The van der Waals surface area contributed by atoms with Crippen molar-refractivity contribution in [3.05, 3.63) is 48.0 Å². The van der Waals surface area contributed by atoms with Crippen LogP contribution in [0, 0.1) is 0 Å². The lowest BCUT2D eigenvalue weighted by atomic mass is 9.85. The molecule has 1 aromatic rings. The van der Waals surface area contributed by atoms with E-state index in [-0.39, 0.29) is 17.6 Å². The number of methoxy groups -OCH3 is 2. The molecule has 0 aliphatic heterocycles. The van der Waals surface area contributed by atoms with Gasteiger partial charge in [-0.25, -0.2) is 0 Å². The van der Waals surface area contributed by atoms with Crippen molar-refractivity contribution in [3.63, 3.8) is 0 Å². The van der Waals surface area contributed by atoms with E-state index in [2.05, 4.69) is 63.9 Å². The van der Waals surface area contributed by atoms with Gasteiger partial charge >= 0.3 is 0 Å². The van der Waals surface area contributed by atoms with E-state index in [1.807, 2.05) is 6.07 Å². The number of aldehydes is 1. The fourth-order valence-electron chi connectivity index (χ4n) is 2.19. The van der Waals surface area contributed by atoms with Crippen molar-refractivity contribution >= 4 is 12.7 Å². The zero-order valence-electron chi connectivity index (χ0n) is 19.8. The Kier molecular flexibility index (Phi) is 19.1. The van der Waals surface area contributed by atoms with Gasteiger partial charge in [0, 0.05) is 33.3 Å². The van der Waals surface area contributed by atoms with E-state index in [0.717, 1.165) is 12.7 Å². The number of amides is 1. The summed E-state index contributed by atoms with van der Waals surface area (Å²) in [6, 6.07) is 10.4. The summed E-state index contributed by atoms with van der Waals surface area (Å²) in [7, 11) is 3.40. The summed E-state index contributed by atoms with van der Waals surface area (Å²) in [6.07, 6.45) is 2.54. The molecule has 0 spiro atoms. The molecule has 0 aliphatic rings. The highest BCUT2D eigenvalue weighted by molar-refractivity contribution is 5.70. The minimum absolute atomic E-state index is 0.226. The molecular weight excluding hydrogens is 382 g/mol. The fourth-order valence-corrected chi connectivity index (χ4v) is 2.19. The number of carbonyl (C=O) groups excluding carboxylic acids is 2. The van der Waals surface area contributed by atoms with Crippen LogP contribution in [0.15, 0.2) is 42.5 Å². The molecular formula is C24H41NO5. The van der Waals surface area contributed by atoms with E-state index in [9.17, 15) is 9.59 Å². The first-order valence-corrected chi connectivity index (χ1v) is 10.1. The van der Waals surface area contributed by atoms with Crippen molar-refractivity contribution < 1.29 is 23.8 Å². The number of hydrogen-bond donors (Lipinski definition) is 1. The van der Waals surface area contributed by atoms with Crippen molar-refractivity contribution in [1.29, 1.82) is 0 Å². The Morgan fingerprint density at radius 2 is 1.73 bits per heavy atom. The molecule has 0 aliphatic carbocycles. The Morgan fingerprint density at radius 3 is 2.13 bits per heavy atom. The van der Waals surface area contributed by atoms with Gasteiger partial charge in [-0.1, -0.05) is 36.9 Å². The summed E-state index contributed by atoms with van der Waals surface area (Å²) >= 11 is 0. The highest BCUT2D eigenvalue weighted by Gasteiger charge is 2.31. The number of ether oxygens (including phenoxy) is 3. The molecule has 1 amide bonds. The number of nitrogens with one attached hydrogen (secondary N) is 1. The second-order valence-electron chi connectivity index (χ2n) is 7.54. The number of benzene rings is 1. The molecule has 1 N–H and O–H groups in total. The van der Waals surface area contributed by atoms with E-state index in [0.29, 0.717) is 31.7 Å². The van der Waals surface area contributed by atoms with Gasteiger partial charge in [0.2, 0.25) is 6.41 Å². The maximum atomic E-state index is 9.62. The van der Waals surface area contributed by atoms with Crippen LogP contribution in [-0.2, 0) is 23.8 Å². The smallest absolute Gasteiger partial charge is 0.207 e. The molecule has 1 rings (SSSR count). The van der Waals surface area contributed by atoms with E-state index < -0.39 is 0 Å². The maximum Gasteiger partial charge on any atom is 0.207 e. The van der Waals surface area contributed by atoms with E-state index in [4.69, 9.17) is 14.2 Å². The molecule has 0 aromatic heterocycles. The molecule has 30 heavy (non-hydrogen) atoms. The third kappa shape index (κ3) is 16.9. The molecule has 0 bridgehead atoms. The molecule has 0 saturated heterocycles. The van der Waals surface area contributed by atoms with Crippen molar-refractivity contribution in [2.24, 2.45) is 0 Å². The molecule has 0 heterocycles. The molecule has 0 saturated carbocycles. The first-order valence-electron chi connectivity index (χ1n) is 10.1. The van der Waals surface area contributed by atoms with Gasteiger partial charge in [0.15, 0.2) is 0 Å². The highest BCUT2D eigenvalue weighted by atomic mass is 16.5. The monoisotopic (exact) mass is 423 g/mol. The van der Waals surface area contributed by atoms with Gasteiger partial charge < -0.3 is 19.5 Å². The number of rotatable bonds is 12. The lowest BCUT2D eigenvalue weighted by Gasteiger charge is -2.33. The Bertz CT molecular complexity index is 558. The maximum absolute atomic E-state index is 9.62. The van der Waals surface area contributed by atoms with E-state index in [1.165, 1.54) is 5.56 Å². The van der Waals surface area contributed by atoms with Crippen molar-refractivity contribution in [3.8, 4) is 0 Å². The highest BCUT2D eigenvalue weighted by Crippen LogP contribution is 2.31. The predicted molar refractivity (Wildman–Crippen MR) is 123 cm³/mol. The summed E-state index contributed by atoms with van der Waals surface area (Å²) in [5.74, 6) is 0.246. The Morgan fingerprint density at radius 1 is 1.17 bits per heavy atom. The molecule has 1 aromatic carbocycles. The third-order valence-corrected chi connectivity index (χ3v) is 4.12. The van der Waals surface area contributed by atoms with Crippen molar-refractivity contribution in [2.75, 3.05) is 34.0 Å². The fraction of sp³-hybridized carbons (Fsp3) is 0.583. The van der Waals surface area contributed by atoms with E-state index >= 15 is 0 Å². The van der Waals surface area contributed by atoms with Crippen LogP contribution in [0.4, 0.5) is 0 Å².